The molecule has 2 aromatic carbocycles. The van der Waals surface area contributed by atoms with Crippen LogP contribution in [0.15, 0.2) is 58.3 Å². The Hall–Kier alpha value is -3.20. The summed E-state index contributed by atoms with van der Waals surface area (Å²) in [5.74, 6) is -0.547. The number of hydrogen-bond donors (Lipinski definition) is 2. The van der Waals surface area contributed by atoms with Gasteiger partial charge in [-0.3, -0.25) is 0 Å². The Morgan fingerprint density at radius 3 is 2.33 bits per heavy atom. The van der Waals surface area contributed by atoms with Crippen molar-refractivity contribution in [2.75, 3.05) is 17.7 Å². The van der Waals surface area contributed by atoms with Crippen molar-refractivity contribution in [1.82, 2.24) is 14.6 Å². The molecule has 2 aromatic heterocycles. The zero-order valence-electron chi connectivity index (χ0n) is 14.3. The van der Waals surface area contributed by atoms with E-state index in [1.54, 1.807) is 18.2 Å². The third-order valence-electron chi connectivity index (χ3n) is 4.16. The first-order valence-electron chi connectivity index (χ1n) is 8.24. The number of anilines is 1. The highest BCUT2D eigenvalue weighted by atomic mass is 32.2. The maximum Gasteiger partial charge on any atom is 0.212 e. The third kappa shape index (κ3) is 2.67. The molecule has 9 heteroatoms. The Balaban J connectivity index is 2.08. The molecule has 138 valence electrons. The van der Waals surface area contributed by atoms with Crippen molar-refractivity contribution in [3.05, 3.63) is 54.3 Å². The number of rotatable bonds is 4. The number of sulfone groups is 1. The molecule has 27 heavy (non-hydrogen) atoms. The molecule has 0 aliphatic carbocycles. The van der Waals surface area contributed by atoms with E-state index in [1.165, 1.54) is 16.8 Å². The van der Waals surface area contributed by atoms with Crippen molar-refractivity contribution in [3.8, 4) is 0 Å². The summed E-state index contributed by atoms with van der Waals surface area (Å²) in [6.45, 7) is 2.35. The highest BCUT2D eigenvalue weighted by Crippen LogP contribution is 2.34. The van der Waals surface area contributed by atoms with Crippen LogP contribution in [0.2, 0.25) is 0 Å². The summed E-state index contributed by atoms with van der Waals surface area (Å²) in [5, 5.41) is 0. The Morgan fingerprint density at radius 2 is 1.70 bits per heavy atom. The molecular weight excluding hydrogens is 369 g/mol. The lowest BCUT2D eigenvalue weighted by molar-refractivity contribution is 0.595. The number of nitrogens with one attached hydrogen (secondary N) is 1. The van der Waals surface area contributed by atoms with Crippen molar-refractivity contribution < 1.29 is 12.8 Å². The van der Waals surface area contributed by atoms with Crippen molar-refractivity contribution in [2.45, 2.75) is 16.7 Å². The van der Waals surface area contributed by atoms with Crippen LogP contribution in [0.5, 0.6) is 0 Å². The predicted molar refractivity (Wildman–Crippen MR) is 101 cm³/mol. The summed E-state index contributed by atoms with van der Waals surface area (Å²) in [6.07, 6.45) is 0. The van der Waals surface area contributed by atoms with Gasteiger partial charge in [0.2, 0.25) is 9.84 Å². The lowest BCUT2D eigenvalue weighted by Gasteiger charge is -2.08. The summed E-state index contributed by atoms with van der Waals surface area (Å²) in [4.78, 5) is 8.81. The van der Waals surface area contributed by atoms with Crippen LogP contribution in [0, 0.1) is 5.82 Å². The summed E-state index contributed by atoms with van der Waals surface area (Å²) in [7, 11) is -4.03. The van der Waals surface area contributed by atoms with E-state index in [1.807, 2.05) is 13.0 Å². The van der Waals surface area contributed by atoms with Gasteiger partial charge in [0.15, 0.2) is 5.65 Å². The van der Waals surface area contributed by atoms with Crippen LogP contribution in [0.25, 0.3) is 22.2 Å². The molecule has 7 nitrogen and oxygen atoms in total. The molecule has 4 aromatic rings. The monoisotopic (exact) mass is 385 g/mol. The van der Waals surface area contributed by atoms with Crippen LogP contribution < -0.4 is 11.2 Å². The normalized spacial score (nSPS) is 11.9. The number of nitrogens with two attached hydrogens (primary N) is 1. The van der Waals surface area contributed by atoms with E-state index in [0.717, 1.165) is 12.1 Å². The maximum atomic E-state index is 13.2. The van der Waals surface area contributed by atoms with Gasteiger partial charge < -0.3 is 11.2 Å². The summed E-state index contributed by atoms with van der Waals surface area (Å²) in [6, 6.07) is 11.7. The van der Waals surface area contributed by atoms with Crippen LogP contribution in [-0.2, 0) is 9.84 Å². The molecule has 0 bridgehead atoms. The average Bonchev–Trinajstić information content (AvgIpc) is 2.92. The quantitative estimate of drug-likeness (QED) is 0.524. The molecule has 0 aliphatic heterocycles. The van der Waals surface area contributed by atoms with Gasteiger partial charge in [-0.05, 0) is 43.3 Å². The topological polar surface area (TPSA) is 103 Å². The SMILES string of the molecule is CCNn1c(N)c(S(=O)(=O)c2ccc(F)cc2)c2nc3ccccc3nc21. The fourth-order valence-corrected chi connectivity index (χ4v) is 4.44. The second kappa shape index (κ2) is 6.20. The van der Waals surface area contributed by atoms with Gasteiger partial charge in [0.1, 0.15) is 22.0 Å². The van der Waals surface area contributed by atoms with Crippen molar-refractivity contribution in [2.24, 2.45) is 0 Å². The van der Waals surface area contributed by atoms with E-state index in [4.69, 9.17) is 5.73 Å². The zero-order chi connectivity index (χ0) is 19.2. The molecule has 0 aliphatic rings. The lowest BCUT2D eigenvalue weighted by Crippen LogP contribution is -2.17. The molecule has 0 radical (unpaired) electrons. The van der Waals surface area contributed by atoms with Gasteiger partial charge >= 0.3 is 0 Å². The first-order chi connectivity index (χ1) is 12.9. The van der Waals surface area contributed by atoms with E-state index in [0.29, 0.717) is 23.2 Å². The first-order valence-corrected chi connectivity index (χ1v) is 9.73. The Kier molecular flexibility index (Phi) is 3.96. The van der Waals surface area contributed by atoms with E-state index in [2.05, 4.69) is 15.4 Å². The fourth-order valence-electron chi connectivity index (χ4n) is 2.95. The molecule has 4 rings (SSSR count). The summed E-state index contributed by atoms with van der Waals surface area (Å²) in [5.41, 5.74) is 10.8. The van der Waals surface area contributed by atoms with Crippen molar-refractivity contribution >= 4 is 37.9 Å². The fraction of sp³-hybridized carbons (Fsp3) is 0.111. The van der Waals surface area contributed by atoms with Crippen LogP contribution in [-0.4, -0.2) is 29.6 Å². The maximum absolute atomic E-state index is 13.2. The molecule has 0 saturated carbocycles. The largest absolute Gasteiger partial charge is 0.382 e. The number of nitrogen functional groups attached to an aromatic ring is 1. The molecule has 0 spiro atoms. The molecule has 0 fully saturated rings. The van der Waals surface area contributed by atoms with Crippen molar-refractivity contribution in [3.63, 3.8) is 0 Å². The number of nitrogens with zero attached hydrogens (tertiary/aromatic N) is 3. The zero-order valence-corrected chi connectivity index (χ0v) is 15.2. The molecule has 0 atom stereocenters. The number of hydrogen-bond acceptors (Lipinski definition) is 6. The minimum atomic E-state index is -4.03. The van der Waals surface area contributed by atoms with Crippen LogP contribution >= 0.6 is 0 Å². The van der Waals surface area contributed by atoms with Gasteiger partial charge in [0.25, 0.3) is 0 Å². The Labute approximate surface area is 154 Å². The van der Waals surface area contributed by atoms with E-state index in [9.17, 15) is 12.8 Å². The molecular formula is C18H16FN5O2S. The Bertz CT molecular complexity index is 1270. The van der Waals surface area contributed by atoms with E-state index in [-0.39, 0.29) is 21.1 Å². The van der Waals surface area contributed by atoms with Gasteiger partial charge in [0, 0.05) is 6.54 Å². The van der Waals surface area contributed by atoms with E-state index < -0.39 is 15.7 Å². The summed E-state index contributed by atoms with van der Waals surface area (Å²) >= 11 is 0. The van der Waals surface area contributed by atoms with Crippen LogP contribution in [0.4, 0.5) is 10.2 Å². The smallest absolute Gasteiger partial charge is 0.212 e. The minimum absolute atomic E-state index is 0.0218. The first kappa shape index (κ1) is 17.2. The highest BCUT2D eigenvalue weighted by molar-refractivity contribution is 7.92. The molecule has 2 heterocycles. The van der Waals surface area contributed by atoms with Crippen LogP contribution in [0.3, 0.4) is 0 Å². The van der Waals surface area contributed by atoms with Crippen molar-refractivity contribution in [1.29, 1.82) is 0 Å². The third-order valence-corrected chi connectivity index (χ3v) is 5.99. The highest BCUT2D eigenvalue weighted by Gasteiger charge is 2.30. The van der Waals surface area contributed by atoms with Gasteiger partial charge in [-0.2, -0.15) is 0 Å². The number of aromatic nitrogens is 3. The van der Waals surface area contributed by atoms with E-state index >= 15 is 0 Å². The van der Waals surface area contributed by atoms with Gasteiger partial charge in [-0.15, -0.1) is 0 Å². The standard InChI is InChI=1S/C18H16FN5O2S/c1-2-21-24-17(20)16(27(25,26)12-9-7-11(19)8-10-12)15-18(24)23-14-6-4-3-5-13(14)22-15/h3-10,21H,2,20H2,1H3. The molecule has 0 saturated heterocycles. The summed E-state index contributed by atoms with van der Waals surface area (Å²) < 4.78 is 41.1. The van der Waals surface area contributed by atoms with Gasteiger partial charge in [0.05, 0.1) is 15.9 Å². The predicted octanol–water partition coefficient (Wildman–Crippen LogP) is 2.70. The molecule has 3 N–H and O–H groups in total. The molecule has 0 amide bonds. The molecule has 0 unspecified atom stereocenters. The minimum Gasteiger partial charge on any atom is -0.382 e. The number of halogens is 1. The van der Waals surface area contributed by atoms with Crippen LogP contribution in [0.1, 0.15) is 6.92 Å². The Morgan fingerprint density at radius 1 is 1.07 bits per heavy atom. The van der Waals surface area contributed by atoms with Gasteiger partial charge in [-0.25, -0.2) is 27.5 Å². The number of benzene rings is 2. The number of fused-ring (bicyclic) bond motifs is 2. The average molecular weight is 385 g/mol. The second-order valence-corrected chi connectivity index (χ2v) is 7.79. The van der Waals surface area contributed by atoms with Gasteiger partial charge in [-0.1, -0.05) is 12.1 Å². The second-order valence-electron chi connectivity index (χ2n) is 5.90. The lowest BCUT2D eigenvalue weighted by atomic mass is 10.3. The number of para-hydroxylation sites is 2.